The van der Waals surface area contributed by atoms with Gasteiger partial charge in [0.05, 0.1) is 5.75 Å². The maximum Gasteiger partial charge on any atom is 0.192 e. The predicted molar refractivity (Wildman–Crippen MR) is 85.3 cm³/mol. The fraction of sp³-hybridized carbons (Fsp3) is 0.333. The van der Waals surface area contributed by atoms with Crippen LogP contribution in [0.4, 0.5) is 0 Å². The molecule has 0 aliphatic rings. The molecule has 0 atom stereocenters. The lowest BCUT2D eigenvalue weighted by Gasteiger charge is -2.05. The minimum absolute atomic E-state index is 0.0955. The Morgan fingerprint density at radius 2 is 2.24 bits per heavy atom. The van der Waals surface area contributed by atoms with Crippen molar-refractivity contribution in [1.82, 2.24) is 14.8 Å². The summed E-state index contributed by atoms with van der Waals surface area (Å²) >= 11 is 7.43. The van der Waals surface area contributed by atoms with E-state index in [1.807, 2.05) is 28.8 Å². The second kappa shape index (κ2) is 8.08. The number of halogens is 1. The highest BCUT2D eigenvalue weighted by Gasteiger charge is 2.10. The quantitative estimate of drug-likeness (QED) is 0.679. The molecule has 6 heteroatoms. The van der Waals surface area contributed by atoms with Crippen molar-refractivity contribution in [2.24, 2.45) is 0 Å². The first-order chi connectivity index (χ1) is 10.2. The van der Waals surface area contributed by atoms with Crippen LogP contribution in [-0.4, -0.2) is 25.6 Å². The van der Waals surface area contributed by atoms with E-state index >= 15 is 0 Å². The summed E-state index contributed by atoms with van der Waals surface area (Å²) in [5.74, 6) is 7.36. The van der Waals surface area contributed by atoms with Crippen molar-refractivity contribution < 1.29 is 5.11 Å². The maximum atomic E-state index is 9.23. The summed E-state index contributed by atoms with van der Waals surface area (Å²) in [5, 5.41) is 18.8. The van der Waals surface area contributed by atoms with Gasteiger partial charge in [0.25, 0.3) is 0 Å². The molecule has 0 saturated heterocycles. The summed E-state index contributed by atoms with van der Waals surface area (Å²) in [4.78, 5) is 0. The van der Waals surface area contributed by atoms with E-state index < -0.39 is 0 Å². The first-order valence-electron chi connectivity index (χ1n) is 6.64. The lowest BCUT2D eigenvalue weighted by molar-refractivity contribution is 0.263. The zero-order chi connectivity index (χ0) is 15.1. The summed E-state index contributed by atoms with van der Waals surface area (Å²) in [6.45, 7) is 2.78. The number of aromatic nitrogens is 3. The van der Waals surface area contributed by atoms with E-state index in [9.17, 15) is 5.11 Å². The second-order valence-electron chi connectivity index (χ2n) is 4.31. The van der Waals surface area contributed by atoms with E-state index in [0.717, 1.165) is 23.7 Å². The van der Waals surface area contributed by atoms with E-state index in [0.29, 0.717) is 16.6 Å². The van der Waals surface area contributed by atoms with Gasteiger partial charge in [-0.15, -0.1) is 10.2 Å². The molecule has 1 N–H and O–H groups in total. The molecule has 0 amide bonds. The van der Waals surface area contributed by atoms with E-state index in [-0.39, 0.29) is 6.61 Å². The monoisotopic (exact) mass is 321 g/mol. The van der Waals surface area contributed by atoms with Crippen LogP contribution in [0.25, 0.3) is 0 Å². The van der Waals surface area contributed by atoms with Crippen molar-refractivity contribution in [3.05, 3.63) is 40.7 Å². The summed E-state index contributed by atoms with van der Waals surface area (Å²) < 4.78 is 1.94. The normalized spacial score (nSPS) is 10.2. The molecule has 0 spiro atoms. The molecule has 2 aromatic rings. The van der Waals surface area contributed by atoms with Crippen molar-refractivity contribution in [2.75, 3.05) is 5.75 Å². The third-order valence-electron chi connectivity index (χ3n) is 2.71. The molecule has 1 aromatic heterocycles. The van der Waals surface area contributed by atoms with Crippen LogP contribution in [0, 0.1) is 11.8 Å². The van der Waals surface area contributed by atoms with E-state index in [1.165, 1.54) is 11.8 Å². The van der Waals surface area contributed by atoms with Gasteiger partial charge < -0.3 is 9.67 Å². The number of rotatable bonds is 5. The molecule has 21 heavy (non-hydrogen) atoms. The van der Waals surface area contributed by atoms with Gasteiger partial charge in [0.2, 0.25) is 0 Å². The number of benzene rings is 1. The fourth-order valence-electron chi connectivity index (χ4n) is 1.80. The molecule has 0 fully saturated rings. The lowest BCUT2D eigenvalue weighted by Crippen LogP contribution is -2.04. The first-order valence-corrected chi connectivity index (χ1v) is 8.01. The van der Waals surface area contributed by atoms with Gasteiger partial charge in [0, 0.05) is 17.1 Å². The minimum Gasteiger partial charge on any atom is -0.388 e. The van der Waals surface area contributed by atoms with Gasteiger partial charge in [-0.25, -0.2) is 0 Å². The summed E-state index contributed by atoms with van der Waals surface area (Å²) in [7, 11) is 0. The number of thioether (sulfide) groups is 1. The van der Waals surface area contributed by atoms with Crippen LogP contribution in [0.3, 0.4) is 0 Å². The largest absolute Gasteiger partial charge is 0.388 e. The molecule has 110 valence electrons. The Morgan fingerprint density at radius 3 is 2.95 bits per heavy atom. The first kappa shape index (κ1) is 15.9. The molecule has 1 aromatic carbocycles. The summed E-state index contributed by atoms with van der Waals surface area (Å²) in [5.41, 5.74) is 0.897. The summed E-state index contributed by atoms with van der Waals surface area (Å²) in [6, 6.07) is 7.46. The van der Waals surface area contributed by atoms with E-state index in [4.69, 9.17) is 11.6 Å². The Balaban J connectivity index is 1.99. The molecule has 4 nitrogen and oxygen atoms in total. The van der Waals surface area contributed by atoms with Crippen LogP contribution < -0.4 is 0 Å². The highest BCUT2D eigenvalue weighted by Crippen LogP contribution is 2.17. The van der Waals surface area contributed by atoms with Crippen LogP contribution in [-0.2, 0) is 13.2 Å². The number of aliphatic hydroxyl groups is 1. The van der Waals surface area contributed by atoms with Crippen molar-refractivity contribution in [2.45, 2.75) is 31.7 Å². The van der Waals surface area contributed by atoms with Crippen LogP contribution >= 0.6 is 23.4 Å². The van der Waals surface area contributed by atoms with Crippen molar-refractivity contribution >= 4 is 23.4 Å². The van der Waals surface area contributed by atoms with Gasteiger partial charge >= 0.3 is 0 Å². The Bertz CT molecular complexity index is 660. The van der Waals surface area contributed by atoms with Gasteiger partial charge in [0.1, 0.15) is 6.61 Å². The topological polar surface area (TPSA) is 50.9 Å². The van der Waals surface area contributed by atoms with Gasteiger partial charge in [0.15, 0.2) is 11.0 Å². The van der Waals surface area contributed by atoms with Crippen LogP contribution in [0.5, 0.6) is 0 Å². The third-order valence-corrected chi connectivity index (χ3v) is 3.80. The van der Waals surface area contributed by atoms with Gasteiger partial charge in [-0.2, -0.15) is 0 Å². The van der Waals surface area contributed by atoms with Crippen LogP contribution in [0.15, 0.2) is 29.4 Å². The van der Waals surface area contributed by atoms with Crippen molar-refractivity contribution in [3.63, 3.8) is 0 Å². The molecule has 0 aliphatic heterocycles. The van der Waals surface area contributed by atoms with Gasteiger partial charge in [-0.05, 0) is 24.6 Å². The lowest BCUT2D eigenvalue weighted by atomic mass is 10.2. The Morgan fingerprint density at radius 1 is 1.38 bits per heavy atom. The fourth-order valence-corrected chi connectivity index (χ4v) is 2.71. The molecular formula is C15H16ClN3OS. The number of hydrogen-bond donors (Lipinski definition) is 1. The maximum absolute atomic E-state index is 9.23. The van der Waals surface area contributed by atoms with Crippen molar-refractivity contribution in [3.8, 4) is 11.8 Å². The van der Waals surface area contributed by atoms with E-state index in [2.05, 4.69) is 29.0 Å². The average Bonchev–Trinajstić information content (AvgIpc) is 2.86. The predicted octanol–water partition coefficient (Wildman–Crippen LogP) is 2.98. The second-order valence-corrected chi connectivity index (χ2v) is 5.69. The molecule has 0 bridgehead atoms. The molecule has 0 radical (unpaired) electrons. The van der Waals surface area contributed by atoms with Gasteiger partial charge in [-0.3, -0.25) is 0 Å². The minimum atomic E-state index is -0.0955. The zero-order valence-electron chi connectivity index (χ0n) is 11.7. The molecule has 2 rings (SSSR count). The highest BCUT2D eigenvalue weighted by molar-refractivity contribution is 7.99. The Labute approximate surface area is 133 Å². The Kier molecular flexibility index (Phi) is 6.12. The number of hydrogen-bond acceptors (Lipinski definition) is 4. The van der Waals surface area contributed by atoms with E-state index in [1.54, 1.807) is 0 Å². The molecule has 0 saturated carbocycles. The van der Waals surface area contributed by atoms with Gasteiger partial charge in [-0.1, -0.05) is 48.2 Å². The SMILES string of the molecule is CCCn1c(CO)nnc1SCC#Cc1cccc(Cl)c1. The third kappa shape index (κ3) is 4.50. The zero-order valence-corrected chi connectivity index (χ0v) is 13.3. The Hall–Kier alpha value is -1.48. The standard InChI is InChI=1S/C15H16ClN3OS/c1-2-8-19-14(11-20)17-18-15(19)21-9-4-6-12-5-3-7-13(16)10-12/h3,5,7,10,20H,2,8-9,11H2,1H3. The molecular weight excluding hydrogens is 306 g/mol. The van der Waals surface area contributed by atoms with Crippen LogP contribution in [0.2, 0.25) is 5.02 Å². The molecule has 1 heterocycles. The number of nitrogens with zero attached hydrogens (tertiary/aromatic N) is 3. The average molecular weight is 322 g/mol. The highest BCUT2D eigenvalue weighted by atomic mass is 35.5. The summed E-state index contributed by atoms with van der Waals surface area (Å²) in [6.07, 6.45) is 0.965. The van der Waals surface area contributed by atoms with Crippen LogP contribution in [0.1, 0.15) is 24.7 Å². The van der Waals surface area contributed by atoms with Crippen molar-refractivity contribution in [1.29, 1.82) is 0 Å². The molecule has 0 aliphatic carbocycles. The number of aliphatic hydroxyl groups excluding tert-OH is 1. The smallest absolute Gasteiger partial charge is 0.192 e. The molecule has 0 unspecified atom stereocenters.